The highest BCUT2D eigenvalue weighted by molar-refractivity contribution is 6.33. The van der Waals surface area contributed by atoms with E-state index in [-0.39, 0.29) is 48.2 Å². The van der Waals surface area contributed by atoms with Crippen LogP contribution in [0, 0.1) is 30.3 Å². The van der Waals surface area contributed by atoms with Gasteiger partial charge >= 0.3 is 6.18 Å². The van der Waals surface area contributed by atoms with Crippen LogP contribution in [0.15, 0.2) is 30.3 Å². The summed E-state index contributed by atoms with van der Waals surface area (Å²) < 4.78 is 39.5. The second-order valence-corrected chi connectivity index (χ2v) is 7.43. The summed E-state index contributed by atoms with van der Waals surface area (Å²) >= 11 is 5.98. The molecule has 2 rings (SSSR count). The van der Waals surface area contributed by atoms with Crippen molar-refractivity contribution in [1.29, 1.82) is 0 Å². The van der Waals surface area contributed by atoms with E-state index in [9.17, 15) is 48.6 Å². The number of alkyl halides is 3. The zero-order valence-electron chi connectivity index (χ0n) is 17.3. The van der Waals surface area contributed by atoms with Crippen molar-refractivity contribution in [3.63, 3.8) is 0 Å². The van der Waals surface area contributed by atoms with E-state index >= 15 is 0 Å². The zero-order chi connectivity index (χ0) is 25.8. The molecule has 0 spiro atoms. The molecule has 12 nitrogen and oxygen atoms in total. The molecule has 0 fully saturated rings. The summed E-state index contributed by atoms with van der Waals surface area (Å²) in [7, 11) is 0. The van der Waals surface area contributed by atoms with Crippen LogP contribution in [0.3, 0.4) is 0 Å². The second kappa shape index (κ2) is 10.5. The molecule has 16 heteroatoms. The summed E-state index contributed by atoms with van der Waals surface area (Å²) in [4.78, 5) is 31.9. The van der Waals surface area contributed by atoms with E-state index in [0.29, 0.717) is 0 Å². The first-order valence-corrected chi connectivity index (χ1v) is 9.75. The SMILES string of the molecule is CC(O)CN(CCNc1ccc([N+](=O)[O-])cc1Cl)c1c([N+](=O)[O-])cc(C(F)(F)F)cc1[N+](=O)[O-]. The monoisotopic (exact) mass is 507 g/mol. The third kappa shape index (κ3) is 6.41. The molecule has 0 aliphatic carbocycles. The summed E-state index contributed by atoms with van der Waals surface area (Å²) in [6, 6.07) is 3.91. The van der Waals surface area contributed by atoms with Gasteiger partial charge in [0.15, 0.2) is 5.69 Å². The van der Waals surface area contributed by atoms with Crippen molar-refractivity contribution in [2.75, 3.05) is 29.9 Å². The van der Waals surface area contributed by atoms with Gasteiger partial charge in [-0.2, -0.15) is 13.2 Å². The van der Waals surface area contributed by atoms with Crippen LogP contribution in [0.5, 0.6) is 0 Å². The van der Waals surface area contributed by atoms with Gasteiger partial charge in [0, 0.05) is 43.9 Å². The summed E-state index contributed by atoms with van der Waals surface area (Å²) in [6.45, 7) is 0.558. The molecule has 0 saturated heterocycles. The van der Waals surface area contributed by atoms with Crippen molar-refractivity contribution in [1.82, 2.24) is 0 Å². The maximum atomic E-state index is 13.2. The van der Waals surface area contributed by atoms with E-state index in [0.717, 1.165) is 17.0 Å². The number of nitrogens with zero attached hydrogens (tertiary/aromatic N) is 4. The Hall–Kier alpha value is -3.72. The fraction of sp³-hybridized carbons (Fsp3) is 0.333. The van der Waals surface area contributed by atoms with Gasteiger partial charge < -0.3 is 15.3 Å². The molecule has 2 aromatic rings. The number of benzene rings is 2. The summed E-state index contributed by atoms with van der Waals surface area (Å²) in [5.74, 6) is 0. The van der Waals surface area contributed by atoms with E-state index in [1.807, 2.05) is 0 Å². The van der Waals surface area contributed by atoms with Crippen LogP contribution < -0.4 is 10.2 Å². The van der Waals surface area contributed by atoms with Crippen molar-refractivity contribution in [2.24, 2.45) is 0 Å². The third-order valence-corrected chi connectivity index (χ3v) is 4.76. The van der Waals surface area contributed by atoms with Gasteiger partial charge in [-0.3, -0.25) is 30.3 Å². The van der Waals surface area contributed by atoms with Crippen molar-refractivity contribution >= 4 is 40.0 Å². The Morgan fingerprint density at radius 2 is 1.62 bits per heavy atom. The van der Waals surface area contributed by atoms with E-state index in [1.54, 1.807) is 0 Å². The Kier molecular flexibility index (Phi) is 8.17. The first-order chi connectivity index (χ1) is 15.7. The van der Waals surface area contributed by atoms with Crippen LogP contribution in [-0.2, 0) is 6.18 Å². The van der Waals surface area contributed by atoms with Gasteiger partial charge in [-0.05, 0) is 13.0 Å². The maximum Gasteiger partial charge on any atom is 0.416 e. The van der Waals surface area contributed by atoms with Gasteiger partial charge in [-0.25, -0.2) is 0 Å². The van der Waals surface area contributed by atoms with Crippen LogP contribution in [0.2, 0.25) is 5.02 Å². The molecule has 0 aliphatic heterocycles. The Bertz CT molecular complexity index is 1080. The van der Waals surface area contributed by atoms with Gasteiger partial charge in [0.2, 0.25) is 0 Å². The number of rotatable bonds is 10. The van der Waals surface area contributed by atoms with E-state index < -0.39 is 49.7 Å². The van der Waals surface area contributed by atoms with Crippen LogP contribution in [0.25, 0.3) is 0 Å². The summed E-state index contributed by atoms with van der Waals surface area (Å²) in [5, 5.41) is 46.4. The number of hydrogen-bond donors (Lipinski definition) is 2. The minimum atomic E-state index is -5.07. The van der Waals surface area contributed by atoms with Crippen molar-refractivity contribution in [3.8, 4) is 0 Å². The van der Waals surface area contributed by atoms with E-state index in [4.69, 9.17) is 11.6 Å². The molecular weight excluding hydrogens is 491 g/mol. The molecule has 184 valence electrons. The van der Waals surface area contributed by atoms with Crippen LogP contribution in [0.1, 0.15) is 12.5 Å². The van der Waals surface area contributed by atoms with Crippen molar-refractivity contribution in [3.05, 3.63) is 71.3 Å². The second-order valence-electron chi connectivity index (χ2n) is 7.02. The summed E-state index contributed by atoms with van der Waals surface area (Å²) in [6.07, 6.45) is -6.23. The number of nitro groups is 3. The Balaban J connectivity index is 2.45. The summed E-state index contributed by atoms with van der Waals surface area (Å²) in [5.41, 5.74) is -4.63. The fourth-order valence-corrected chi connectivity index (χ4v) is 3.31. The van der Waals surface area contributed by atoms with E-state index in [2.05, 4.69) is 5.32 Å². The van der Waals surface area contributed by atoms with Gasteiger partial charge in [-0.1, -0.05) is 11.6 Å². The lowest BCUT2D eigenvalue weighted by atomic mass is 10.1. The first-order valence-electron chi connectivity index (χ1n) is 9.37. The lowest BCUT2D eigenvalue weighted by molar-refractivity contribution is -0.393. The number of aliphatic hydroxyl groups excluding tert-OH is 1. The highest BCUT2D eigenvalue weighted by Crippen LogP contribution is 2.43. The normalized spacial score (nSPS) is 12.2. The topological polar surface area (TPSA) is 165 Å². The Labute approximate surface area is 194 Å². The van der Waals surface area contributed by atoms with Gasteiger partial charge in [0.1, 0.15) is 0 Å². The average Bonchev–Trinajstić information content (AvgIpc) is 2.71. The van der Waals surface area contributed by atoms with Gasteiger partial charge in [0.05, 0.1) is 37.1 Å². The molecule has 0 amide bonds. The molecule has 0 radical (unpaired) electrons. The molecular formula is C18H17ClF3N5O7. The molecule has 2 N–H and O–H groups in total. The lowest BCUT2D eigenvalue weighted by Crippen LogP contribution is -2.36. The smallest absolute Gasteiger partial charge is 0.392 e. The molecule has 0 aliphatic rings. The molecule has 1 atom stereocenters. The Morgan fingerprint density at radius 1 is 1.06 bits per heavy atom. The quantitative estimate of drug-likeness (QED) is 0.350. The minimum absolute atomic E-state index is 0.0252. The van der Waals surface area contributed by atoms with Crippen LogP contribution in [0.4, 0.5) is 41.6 Å². The van der Waals surface area contributed by atoms with Crippen molar-refractivity contribution in [2.45, 2.75) is 19.2 Å². The number of nitrogens with one attached hydrogen (secondary N) is 1. The number of hydrogen-bond acceptors (Lipinski definition) is 9. The highest BCUT2D eigenvalue weighted by Gasteiger charge is 2.39. The van der Waals surface area contributed by atoms with Gasteiger partial charge in [0.25, 0.3) is 17.1 Å². The van der Waals surface area contributed by atoms with Gasteiger partial charge in [-0.15, -0.1) is 0 Å². The lowest BCUT2D eigenvalue weighted by Gasteiger charge is -2.26. The predicted octanol–water partition coefficient (Wildman–Crippen LogP) is 4.38. The fourth-order valence-electron chi connectivity index (χ4n) is 3.07. The zero-order valence-corrected chi connectivity index (χ0v) is 18.0. The number of halogens is 4. The minimum Gasteiger partial charge on any atom is -0.392 e. The molecule has 1 unspecified atom stereocenters. The number of non-ortho nitro benzene ring substituents is 1. The molecule has 0 saturated carbocycles. The standard InChI is InChI=1S/C18H17ClF3N5O7/c1-10(28)9-24(5-4-23-14-3-2-12(25(29)30)8-13(14)19)17-15(26(31)32)6-11(18(20,21)22)7-16(17)27(33)34/h2-3,6-8,10,23,28H,4-5,9H2,1H3. The highest BCUT2D eigenvalue weighted by atomic mass is 35.5. The third-order valence-electron chi connectivity index (χ3n) is 4.45. The number of aliphatic hydroxyl groups is 1. The number of nitro benzene ring substituents is 3. The largest absolute Gasteiger partial charge is 0.416 e. The molecule has 34 heavy (non-hydrogen) atoms. The average molecular weight is 508 g/mol. The maximum absolute atomic E-state index is 13.2. The van der Waals surface area contributed by atoms with Crippen LogP contribution >= 0.6 is 11.6 Å². The van der Waals surface area contributed by atoms with E-state index in [1.165, 1.54) is 13.0 Å². The Morgan fingerprint density at radius 3 is 2.03 bits per heavy atom. The predicted molar refractivity (Wildman–Crippen MR) is 115 cm³/mol. The first kappa shape index (κ1) is 26.5. The number of anilines is 2. The molecule has 0 bridgehead atoms. The molecule has 0 heterocycles. The van der Waals surface area contributed by atoms with Crippen LogP contribution in [-0.4, -0.2) is 45.6 Å². The molecule has 2 aromatic carbocycles. The molecule has 0 aromatic heterocycles. The van der Waals surface area contributed by atoms with Crippen molar-refractivity contribution < 1.29 is 33.0 Å².